The normalized spacial score (nSPS) is 30.5. The smallest absolute Gasteiger partial charge is 0.123 e. The number of halogens is 1. The lowest BCUT2D eigenvalue weighted by atomic mass is 9.74. The number of fused-ring (bicyclic) bond motifs is 1. The first-order valence-electron chi connectivity index (χ1n) is 9.47. The molecule has 2 aliphatic rings. The molecule has 2 unspecified atom stereocenters. The fourth-order valence-electron chi connectivity index (χ4n) is 5.09. The first kappa shape index (κ1) is 16.1. The molecule has 1 nitrogen and oxygen atoms in total. The van der Waals surface area contributed by atoms with Gasteiger partial charge in [-0.15, -0.1) is 0 Å². The van der Waals surface area contributed by atoms with Crippen LogP contribution in [-0.4, -0.2) is 4.98 Å². The minimum atomic E-state index is -0.156. The van der Waals surface area contributed by atoms with Gasteiger partial charge in [0.2, 0.25) is 0 Å². The predicted octanol–water partition coefficient (Wildman–Crippen LogP) is 6.33. The van der Waals surface area contributed by atoms with Gasteiger partial charge in [-0.1, -0.05) is 20.8 Å². The van der Waals surface area contributed by atoms with Crippen LogP contribution >= 0.6 is 0 Å². The predicted molar refractivity (Wildman–Crippen MR) is 97.5 cm³/mol. The summed E-state index contributed by atoms with van der Waals surface area (Å²) in [6, 6.07) is 7.09. The largest absolute Gasteiger partial charge is 0.256 e. The molecular weight excluding hydrogens is 297 g/mol. The first-order valence-corrected chi connectivity index (χ1v) is 9.47. The Morgan fingerprint density at radius 1 is 1.04 bits per heavy atom. The number of aromatic nitrogens is 1. The lowest BCUT2D eigenvalue weighted by molar-refractivity contribution is 0.245. The van der Waals surface area contributed by atoms with Crippen LogP contribution < -0.4 is 0 Å². The van der Waals surface area contributed by atoms with Crippen molar-refractivity contribution < 1.29 is 4.39 Å². The highest BCUT2D eigenvalue weighted by molar-refractivity contribution is 5.82. The maximum absolute atomic E-state index is 13.7. The number of pyridine rings is 1. The van der Waals surface area contributed by atoms with E-state index in [1.165, 1.54) is 43.7 Å². The Morgan fingerprint density at radius 2 is 1.79 bits per heavy atom. The molecule has 24 heavy (non-hydrogen) atoms. The Hall–Kier alpha value is -1.44. The number of benzene rings is 1. The highest BCUT2D eigenvalue weighted by Gasteiger charge is 2.49. The first-order chi connectivity index (χ1) is 11.4. The van der Waals surface area contributed by atoms with Gasteiger partial charge in [0, 0.05) is 11.6 Å². The standard InChI is InChI=1S/C22H28FN/c1-22(2,3)20-13-18(20)15-6-4-14(5-7-15)17-10-11-24-21-9-8-16(23)12-19(17)21/h8-12,14-15,18,20H,4-7,13H2,1-3H3. The number of nitrogens with zero attached hydrogens (tertiary/aromatic N) is 1. The van der Waals surface area contributed by atoms with E-state index in [-0.39, 0.29) is 5.82 Å². The third-order valence-corrected chi connectivity index (χ3v) is 6.51. The summed E-state index contributed by atoms with van der Waals surface area (Å²) < 4.78 is 13.7. The van der Waals surface area contributed by atoms with Crippen LogP contribution in [0.2, 0.25) is 0 Å². The van der Waals surface area contributed by atoms with Crippen molar-refractivity contribution in [3.8, 4) is 0 Å². The summed E-state index contributed by atoms with van der Waals surface area (Å²) >= 11 is 0. The van der Waals surface area contributed by atoms with Gasteiger partial charge < -0.3 is 0 Å². The van der Waals surface area contributed by atoms with E-state index >= 15 is 0 Å². The van der Waals surface area contributed by atoms with Gasteiger partial charge in [-0.25, -0.2) is 4.39 Å². The summed E-state index contributed by atoms with van der Waals surface area (Å²) in [5.74, 6) is 3.21. The summed E-state index contributed by atoms with van der Waals surface area (Å²) in [5, 5.41) is 1.01. The van der Waals surface area contributed by atoms with E-state index in [1.807, 2.05) is 6.20 Å². The van der Waals surface area contributed by atoms with Crippen LogP contribution in [0.15, 0.2) is 30.5 Å². The molecule has 1 aromatic carbocycles. The third kappa shape index (κ3) is 2.96. The molecule has 4 rings (SSSR count). The molecule has 2 fully saturated rings. The Bertz CT molecular complexity index is 737. The second-order valence-electron chi connectivity index (χ2n) is 9.05. The van der Waals surface area contributed by atoms with E-state index in [0.29, 0.717) is 11.3 Å². The molecule has 0 amide bonds. The third-order valence-electron chi connectivity index (χ3n) is 6.51. The summed E-state index contributed by atoms with van der Waals surface area (Å²) in [7, 11) is 0. The lowest BCUT2D eigenvalue weighted by Crippen LogP contribution is -2.18. The molecule has 0 radical (unpaired) electrons. The van der Waals surface area contributed by atoms with E-state index in [2.05, 4.69) is 31.8 Å². The van der Waals surface area contributed by atoms with Gasteiger partial charge >= 0.3 is 0 Å². The summed E-state index contributed by atoms with van der Waals surface area (Å²) in [6.07, 6.45) is 8.48. The molecule has 1 heterocycles. The van der Waals surface area contributed by atoms with Crippen molar-refractivity contribution in [2.75, 3.05) is 0 Å². The molecule has 2 aliphatic carbocycles. The Labute approximate surface area is 144 Å². The molecule has 0 N–H and O–H groups in total. The summed E-state index contributed by atoms with van der Waals surface area (Å²) in [6.45, 7) is 7.17. The van der Waals surface area contributed by atoms with E-state index in [0.717, 1.165) is 28.7 Å². The van der Waals surface area contributed by atoms with Crippen molar-refractivity contribution >= 4 is 10.9 Å². The highest BCUT2D eigenvalue weighted by atomic mass is 19.1. The van der Waals surface area contributed by atoms with Crippen molar-refractivity contribution in [2.45, 2.75) is 58.8 Å². The fraction of sp³-hybridized carbons (Fsp3) is 0.591. The van der Waals surface area contributed by atoms with Crippen molar-refractivity contribution in [3.05, 3.63) is 41.8 Å². The van der Waals surface area contributed by atoms with Crippen LogP contribution in [0, 0.1) is 29.0 Å². The van der Waals surface area contributed by atoms with Crippen LogP contribution in [0.4, 0.5) is 4.39 Å². The minimum absolute atomic E-state index is 0.156. The molecule has 0 aliphatic heterocycles. The molecule has 1 aromatic heterocycles. The Balaban J connectivity index is 1.48. The molecule has 0 bridgehead atoms. The number of hydrogen-bond acceptors (Lipinski definition) is 1. The maximum Gasteiger partial charge on any atom is 0.123 e. The van der Waals surface area contributed by atoms with Crippen LogP contribution in [0.3, 0.4) is 0 Å². The van der Waals surface area contributed by atoms with Gasteiger partial charge in [0.05, 0.1) is 5.52 Å². The SMILES string of the molecule is CC(C)(C)C1CC1C1CCC(c2ccnc3ccc(F)cc23)CC1. The quantitative estimate of drug-likeness (QED) is 0.628. The second-order valence-corrected chi connectivity index (χ2v) is 9.05. The van der Waals surface area contributed by atoms with Gasteiger partial charge in [-0.3, -0.25) is 4.98 Å². The molecular formula is C22H28FN. The van der Waals surface area contributed by atoms with Gasteiger partial charge in [-0.05, 0) is 91.0 Å². The average Bonchev–Trinajstić information content (AvgIpc) is 3.35. The van der Waals surface area contributed by atoms with Crippen molar-refractivity contribution in [1.82, 2.24) is 4.98 Å². The molecule has 128 valence electrons. The molecule has 0 spiro atoms. The highest BCUT2D eigenvalue weighted by Crippen LogP contribution is 2.58. The van der Waals surface area contributed by atoms with Gasteiger partial charge in [0.25, 0.3) is 0 Å². The monoisotopic (exact) mass is 325 g/mol. The van der Waals surface area contributed by atoms with E-state index in [9.17, 15) is 4.39 Å². The van der Waals surface area contributed by atoms with E-state index in [1.54, 1.807) is 12.1 Å². The fourth-order valence-corrected chi connectivity index (χ4v) is 5.09. The van der Waals surface area contributed by atoms with Crippen LogP contribution in [0.25, 0.3) is 10.9 Å². The molecule has 2 heteroatoms. The molecule has 2 saturated carbocycles. The van der Waals surface area contributed by atoms with E-state index in [4.69, 9.17) is 0 Å². The van der Waals surface area contributed by atoms with Crippen molar-refractivity contribution in [1.29, 1.82) is 0 Å². The van der Waals surface area contributed by atoms with E-state index < -0.39 is 0 Å². The van der Waals surface area contributed by atoms with Crippen molar-refractivity contribution in [2.24, 2.45) is 23.2 Å². The molecule has 0 saturated heterocycles. The summed E-state index contributed by atoms with van der Waals surface area (Å²) in [5.41, 5.74) is 2.70. The minimum Gasteiger partial charge on any atom is -0.256 e. The zero-order valence-corrected chi connectivity index (χ0v) is 15.1. The molecule has 2 atom stereocenters. The zero-order chi connectivity index (χ0) is 16.9. The Kier molecular flexibility index (Phi) is 3.89. The average molecular weight is 325 g/mol. The van der Waals surface area contributed by atoms with Crippen LogP contribution in [-0.2, 0) is 0 Å². The Morgan fingerprint density at radius 3 is 2.46 bits per heavy atom. The van der Waals surface area contributed by atoms with Crippen molar-refractivity contribution in [3.63, 3.8) is 0 Å². The number of hydrogen-bond donors (Lipinski definition) is 0. The van der Waals surface area contributed by atoms with Gasteiger partial charge in [-0.2, -0.15) is 0 Å². The second kappa shape index (κ2) is 5.82. The van der Waals surface area contributed by atoms with Crippen LogP contribution in [0.1, 0.15) is 64.4 Å². The maximum atomic E-state index is 13.7. The van der Waals surface area contributed by atoms with Gasteiger partial charge in [0.1, 0.15) is 5.82 Å². The van der Waals surface area contributed by atoms with Gasteiger partial charge in [0.15, 0.2) is 0 Å². The lowest BCUT2D eigenvalue weighted by Gasteiger charge is -2.31. The zero-order valence-electron chi connectivity index (χ0n) is 15.1. The summed E-state index contributed by atoms with van der Waals surface area (Å²) in [4.78, 5) is 4.40. The topological polar surface area (TPSA) is 12.9 Å². The number of rotatable bonds is 2. The molecule has 2 aromatic rings. The van der Waals surface area contributed by atoms with Crippen LogP contribution in [0.5, 0.6) is 0 Å².